The Labute approximate surface area is 119 Å². The zero-order chi connectivity index (χ0) is 14.0. The maximum absolute atomic E-state index is 12.2. The molecule has 0 aliphatic rings. The first-order valence-electron chi connectivity index (χ1n) is 5.50. The van der Waals surface area contributed by atoms with Crippen molar-refractivity contribution in [1.29, 1.82) is 0 Å². The Hall–Kier alpha value is -1.60. The van der Waals surface area contributed by atoms with Crippen molar-refractivity contribution in [3.05, 3.63) is 28.1 Å². The first-order chi connectivity index (χ1) is 8.89. The van der Waals surface area contributed by atoms with Crippen molar-refractivity contribution in [1.82, 2.24) is 19.6 Å². The summed E-state index contributed by atoms with van der Waals surface area (Å²) in [6, 6.07) is 0. The van der Waals surface area contributed by atoms with Crippen LogP contribution in [-0.2, 0) is 5.41 Å². The van der Waals surface area contributed by atoms with Gasteiger partial charge in [-0.25, -0.2) is 9.97 Å². The van der Waals surface area contributed by atoms with Gasteiger partial charge in [0.25, 0.3) is 5.91 Å². The summed E-state index contributed by atoms with van der Waals surface area (Å²) in [4.78, 5) is 20.4. The predicted molar refractivity (Wildman–Crippen MR) is 73.6 cm³/mol. The predicted octanol–water partition coefficient (Wildman–Crippen LogP) is 2.53. The van der Waals surface area contributed by atoms with E-state index in [9.17, 15) is 4.79 Å². The number of halogens is 1. The van der Waals surface area contributed by atoms with Crippen molar-refractivity contribution in [3.63, 3.8) is 0 Å². The van der Waals surface area contributed by atoms with Crippen molar-refractivity contribution < 1.29 is 4.79 Å². The minimum atomic E-state index is -0.331. The molecule has 6 nitrogen and oxygen atoms in total. The van der Waals surface area contributed by atoms with Gasteiger partial charge in [0.15, 0.2) is 11.0 Å². The van der Waals surface area contributed by atoms with Crippen LogP contribution in [0.4, 0.5) is 5.82 Å². The highest BCUT2D eigenvalue weighted by molar-refractivity contribution is 7.08. The van der Waals surface area contributed by atoms with Gasteiger partial charge in [0, 0.05) is 17.8 Å². The van der Waals surface area contributed by atoms with Gasteiger partial charge >= 0.3 is 0 Å². The molecule has 8 heteroatoms. The van der Waals surface area contributed by atoms with Gasteiger partial charge in [-0.1, -0.05) is 36.9 Å². The molecule has 0 spiro atoms. The molecule has 2 rings (SSSR count). The summed E-state index contributed by atoms with van der Waals surface area (Å²) in [7, 11) is 0. The third-order valence-electron chi connectivity index (χ3n) is 2.29. The zero-order valence-electron chi connectivity index (χ0n) is 10.6. The van der Waals surface area contributed by atoms with E-state index in [0.29, 0.717) is 10.6 Å². The fourth-order valence-corrected chi connectivity index (χ4v) is 2.32. The quantitative estimate of drug-likeness (QED) is 0.921. The lowest BCUT2D eigenvalue weighted by molar-refractivity contribution is 0.102. The van der Waals surface area contributed by atoms with Crippen LogP contribution in [0.2, 0.25) is 5.15 Å². The van der Waals surface area contributed by atoms with Crippen LogP contribution in [-0.4, -0.2) is 25.5 Å². The molecular formula is C11H12ClN5OS. The summed E-state index contributed by atoms with van der Waals surface area (Å²) in [6.07, 6.45) is 2.91. The standard InChI is InChI=1S/C11H12ClN5OS/c1-11(2,3)7-6(19-17-16-7)10(18)15-9-8(12)13-4-5-14-9/h4-5H,1-3H3,(H,14,15,18). The minimum Gasteiger partial charge on any atom is -0.303 e. The number of carbonyl (C=O) groups is 1. The number of aromatic nitrogens is 4. The Bertz CT molecular complexity index is 607. The van der Waals surface area contributed by atoms with Crippen LogP contribution < -0.4 is 5.32 Å². The second-order valence-corrected chi connectivity index (χ2v) is 5.96. The van der Waals surface area contributed by atoms with E-state index in [1.54, 1.807) is 0 Å². The summed E-state index contributed by atoms with van der Waals surface area (Å²) in [6.45, 7) is 5.90. The lowest BCUT2D eigenvalue weighted by Crippen LogP contribution is -2.20. The molecule has 2 aromatic rings. The Kier molecular flexibility index (Phi) is 3.77. The van der Waals surface area contributed by atoms with Crippen LogP contribution in [0.15, 0.2) is 12.4 Å². The van der Waals surface area contributed by atoms with E-state index in [1.165, 1.54) is 12.4 Å². The normalized spacial score (nSPS) is 11.4. The number of hydrogen-bond donors (Lipinski definition) is 1. The minimum absolute atomic E-state index is 0.144. The van der Waals surface area contributed by atoms with Crippen LogP contribution in [0.1, 0.15) is 36.1 Å². The second-order valence-electron chi connectivity index (χ2n) is 4.85. The van der Waals surface area contributed by atoms with Crippen molar-refractivity contribution in [3.8, 4) is 0 Å². The molecule has 19 heavy (non-hydrogen) atoms. The average molecular weight is 298 g/mol. The fourth-order valence-electron chi connectivity index (χ4n) is 1.40. The van der Waals surface area contributed by atoms with Gasteiger partial charge in [0.05, 0.1) is 5.69 Å². The molecule has 0 bridgehead atoms. The smallest absolute Gasteiger partial charge is 0.270 e. The third-order valence-corrected chi connectivity index (χ3v) is 3.29. The topological polar surface area (TPSA) is 80.7 Å². The molecule has 0 fully saturated rings. The van der Waals surface area contributed by atoms with Crippen molar-refractivity contribution in [2.45, 2.75) is 26.2 Å². The molecular weight excluding hydrogens is 286 g/mol. The number of nitrogens with one attached hydrogen (secondary N) is 1. The summed E-state index contributed by atoms with van der Waals surface area (Å²) in [5.74, 6) is -0.107. The molecule has 0 atom stereocenters. The van der Waals surface area contributed by atoms with E-state index in [1.807, 2.05) is 20.8 Å². The number of hydrogen-bond acceptors (Lipinski definition) is 6. The van der Waals surface area contributed by atoms with Crippen LogP contribution in [0.5, 0.6) is 0 Å². The molecule has 0 saturated carbocycles. The lowest BCUT2D eigenvalue weighted by atomic mass is 9.91. The number of nitrogens with zero attached hydrogens (tertiary/aromatic N) is 4. The average Bonchev–Trinajstić information content (AvgIpc) is 2.81. The van der Waals surface area contributed by atoms with Gasteiger partial charge in [0.1, 0.15) is 4.88 Å². The Morgan fingerprint density at radius 2 is 2.00 bits per heavy atom. The van der Waals surface area contributed by atoms with Gasteiger partial charge < -0.3 is 5.32 Å². The van der Waals surface area contributed by atoms with Crippen molar-refractivity contribution in [2.75, 3.05) is 5.32 Å². The number of amides is 1. The van der Waals surface area contributed by atoms with E-state index in [-0.39, 0.29) is 22.3 Å². The van der Waals surface area contributed by atoms with Crippen LogP contribution in [0, 0.1) is 0 Å². The molecule has 0 unspecified atom stereocenters. The second kappa shape index (κ2) is 5.18. The van der Waals surface area contributed by atoms with Gasteiger partial charge in [-0.2, -0.15) is 0 Å². The van der Waals surface area contributed by atoms with Gasteiger partial charge in [-0.05, 0) is 11.5 Å². The molecule has 0 aliphatic heterocycles. The lowest BCUT2D eigenvalue weighted by Gasteiger charge is -2.16. The van der Waals surface area contributed by atoms with E-state index in [0.717, 1.165) is 11.5 Å². The number of anilines is 1. The maximum Gasteiger partial charge on any atom is 0.270 e. The van der Waals surface area contributed by atoms with Gasteiger partial charge in [-0.15, -0.1) is 5.10 Å². The Balaban J connectivity index is 2.27. The third kappa shape index (κ3) is 3.05. The van der Waals surface area contributed by atoms with Crippen LogP contribution in [0.25, 0.3) is 0 Å². The highest BCUT2D eigenvalue weighted by Crippen LogP contribution is 2.26. The van der Waals surface area contributed by atoms with Gasteiger partial charge in [-0.3, -0.25) is 4.79 Å². The fraction of sp³-hybridized carbons (Fsp3) is 0.364. The molecule has 0 radical (unpaired) electrons. The summed E-state index contributed by atoms with van der Waals surface area (Å²) in [5.41, 5.74) is 0.390. The van der Waals surface area contributed by atoms with Crippen LogP contribution >= 0.6 is 23.1 Å². The Morgan fingerprint density at radius 1 is 1.32 bits per heavy atom. The van der Waals surface area contributed by atoms with Crippen molar-refractivity contribution in [2.24, 2.45) is 0 Å². The molecule has 0 aromatic carbocycles. The number of carbonyl (C=O) groups excluding carboxylic acids is 1. The largest absolute Gasteiger partial charge is 0.303 e. The SMILES string of the molecule is CC(C)(C)c1nnsc1C(=O)Nc1nccnc1Cl. The zero-order valence-corrected chi connectivity index (χ0v) is 12.2. The van der Waals surface area contributed by atoms with E-state index >= 15 is 0 Å². The first kappa shape index (κ1) is 13.8. The van der Waals surface area contributed by atoms with E-state index in [4.69, 9.17) is 11.6 Å². The summed E-state index contributed by atoms with van der Waals surface area (Å²) < 4.78 is 3.84. The van der Waals surface area contributed by atoms with E-state index < -0.39 is 0 Å². The summed E-state index contributed by atoms with van der Waals surface area (Å²) in [5, 5.41) is 6.77. The molecule has 1 amide bonds. The highest BCUT2D eigenvalue weighted by Gasteiger charge is 2.26. The van der Waals surface area contributed by atoms with E-state index in [2.05, 4.69) is 24.9 Å². The monoisotopic (exact) mass is 297 g/mol. The molecule has 0 saturated heterocycles. The molecule has 2 aromatic heterocycles. The molecule has 1 N–H and O–H groups in total. The first-order valence-corrected chi connectivity index (χ1v) is 6.65. The molecule has 100 valence electrons. The van der Waals surface area contributed by atoms with Gasteiger partial charge in [0.2, 0.25) is 0 Å². The number of rotatable bonds is 2. The molecule has 0 aliphatic carbocycles. The Morgan fingerprint density at radius 3 is 2.63 bits per heavy atom. The maximum atomic E-state index is 12.2. The summed E-state index contributed by atoms with van der Waals surface area (Å²) >= 11 is 6.89. The van der Waals surface area contributed by atoms with Crippen molar-refractivity contribution >= 4 is 34.9 Å². The molecule has 2 heterocycles. The van der Waals surface area contributed by atoms with Crippen LogP contribution in [0.3, 0.4) is 0 Å². The highest BCUT2D eigenvalue weighted by atomic mass is 35.5.